The molecule has 0 aliphatic rings. The van der Waals surface area contributed by atoms with Gasteiger partial charge in [0.05, 0.1) is 5.92 Å². The maximum atomic E-state index is 10.8. The van der Waals surface area contributed by atoms with Crippen LogP contribution in [0.5, 0.6) is 0 Å². The molecule has 4 nitrogen and oxygen atoms in total. The van der Waals surface area contributed by atoms with Gasteiger partial charge in [-0.1, -0.05) is 12.8 Å². The lowest BCUT2D eigenvalue weighted by Crippen LogP contribution is -2.14. The van der Waals surface area contributed by atoms with Gasteiger partial charge in [0.2, 0.25) is 0 Å². The molecule has 0 aliphatic carbocycles. The van der Waals surface area contributed by atoms with E-state index in [0.29, 0.717) is 25.8 Å². The molecular weight excluding hydrogens is 182 g/mol. The summed E-state index contributed by atoms with van der Waals surface area (Å²) >= 11 is 0. The van der Waals surface area contributed by atoms with E-state index in [9.17, 15) is 4.79 Å². The van der Waals surface area contributed by atoms with Crippen LogP contribution in [-0.2, 0) is 4.79 Å². The summed E-state index contributed by atoms with van der Waals surface area (Å²) in [6, 6.07) is 0. The van der Waals surface area contributed by atoms with Crippen LogP contribution >= 0.6 is 0 Å². The van der Waals surface area contributed by atoms with Crippen molar-refractivity contribution in [3.8, 4) is 0 Å². The molecule has 84 valence electrons. The van der Waals surface area contributed by atoms with Gasteiger partial charge >= 0.3 is 5.97 Å². The number of nitrogens with two attached hydrogens (primary N) is 1. The quantitative estimate of drug-likeness (QED) is 0.488. The second-order valence-electron chi connectivity index (χ2n) is 3.54. The molecule has 1 atom stereocenters. The Labute approximate surface area is 85.1 Å². The number of carboxylic acid groups (broad SMARTS) is 1. The van der Waals surface area contributed by atoms with Crippen LogP contribution in [0.15, 0.2) is 0 Å². The summed E-state index contributed by atoms with van der Waals surface area (Å²) in [7, 11) is 0. The summed E-state index contributed by atoms with van der Waals surface area (Å²) < 4.78 is 0. The van der Waals surface area contributed by atoms with E-state index in [1.54, 1.807) is 0 Å². The Kier molecular flexibility index (Phi) is 8.57. The van der Waals surface area contributed by atoms with Gasteiger partial charge < -0.3 is 15.9 Å². The van der Waals surface area contributed by atoms with E-state index in [2.05, 4.69) is 0 Å². The van der Waals surface area contributed by atoms with Gasteiger partial charge in [0.1, 0.15) is 0 Å². The minimum Gasteiger partial charge on any atom is -0.481 e. The summed E-state index contributed by atoms with van der Waals surface area (Å²) in [5, 5.41) is 17.4. The summed E-state index contributed by atoms with van der Waals surface area (Å²) in [5.41, 5.74) is 5.33. The van der Waals surface area contributed by atoms with Crippen molar-refractivity contribution in [2.24, 2.45) is 11.7 Å². The van der Waals surface area contributed by atoms with Crippen molar-refractivity contribution < 1.29 is 15.0 Å². The van der Waals surface area contributed by atoms with Crippen molar-refractivity contribution >= 4 is 5.97 Å². The van der Waals surface area contributed by atoms with E-state index in [-0.39, 0.29) is 12.5 Å². The normalized spacial score (nSPS) is 12.7. The monoisotopic (exact) mass is 203 g/mol. The maximum Gasteiger partial charge on any atom is 0.306 e. The predicted molar refractivity (Wildman–Crippen MR) is 55.0 cm³/mol. The van der Waals surface area contributed by atoms with Crippen LogP contribution in [0.25, 0.3) is 0 Å². The minimum atomic E-state index is -0.722. The van der Waals surface area contributed by atoms with E-state index in [4.69, 9.17) is 15.9 Å². The SMILES string of the molecule is NCCCCC(CCCCO)C(=O)O. The molecule has 0 saturated heterocycles. The van der Waals surface area contributed by atoms with Gasteiger partial charge in [-0.15, -0.1) is 0 Å². The average Bonchev–Trinajstić information content (AvgIpc) is 2.15. The standard InChI is InChI=1S/C10H21NO3/c11-7-3-1-5-9(10(13)14)6-2-4-8-12/h9,12H,1-8,11H2,(H,13,14). The molecule has 0 amide bonds. The zero-order valence-corrected chi connectivity index (χ0v) is 8.61. The summed E-state index contributed by atoms with van der Waals surface area (Å²) in [6.45, 7) is 0.776. The van der Waals surface area contributed by atoms with Gasteiger partial charge in [-0.3, -0.25) is 4.79 Å². The molecular formula is C10H21NO3. The van der Waals surface area contributed by atoms with Crippen LogP contribution in [0, 0.1) is 5.92 Å². The van der Waals surface area contributed by atoms with Gasteiger partial charge in [-0.25, -0.2) is 0 Å². The molecule has 0 aliphatic heterocycles. The van der Waals surface area contributed by atoms with E-state index < -0.39 is 5.97 Å². The molecule has 4 N–H and O–H groups in total. The molecule has 0 aromatic rings. The molecule has 0 radical (unpaired) electrons. The molecule has 0 fully saturated rings. The van der Waals surface area contributed by atoms with Gasteiger partial charge in [-0.05, 0) is 32.2 Å². The zero-order chi connectivity index (χ0) is 10.8. The lowest BCUT2D eigenvalue weighted by atomic mass is 9.96. The number of carboxylic acids is 1. The summed E-state index contributed by atoms with van der Waals surface area (Å²) in [4.78, 5) is 10.8. The van der Waals surface area contributed by atoms with E-state index >= 15 is 0 Å². The van der Waals surface area contributed by atoms with Crippen molar-refractivity contribution in [3.05, 3.63) is 0 Å². The maximum absolute atomic E-state index is 10.8. The van der Waals surface area contributed by atoms with Crippen LogP contribution in [-0.4, -0.2) is 29.3 Å². The fourth-order valence-corrected chi connectivity index (χ4v) is 1.43. The Morgan fingerprint density at radius 3 is 2.14 bits per heavy atom. The molecule has 0 heterocycles. The number of carbonyl (C=O) groups is 1. The molecule has 0 saturated carbocycles. The molecule has 0 aromatic carbocycles. The first-order valence-corrected chi connectivity index (χ1v) is 5.26. The third-order valence-corrected chi connectivity index (χ3v) is 2.32. The topological polar surface area (TPSA) is 83.5 Å². The lowest BCUT2D eigenvalue weighted by Gasteiger charge is -2.10. The number of hydrogen-bond acceptors (Lipinski definition) is 3. The average molecular weight is 203 g/mol. The van der Waals surface area contributed by atoms with Crippen molar-refractivity contribution in [3.63, 3.8) is 0 Å². The Hall–Kier alpha value is -0.610. The molecule has 14 heavy (non-hydrogen) atoms. The second kappa shape index (κ2) is 8.97. The first-order valence-electron chi connectivity index (χ1n) is 5.26. The highest BCUT2D eigenvalue weighted by atomic mass is 16.4. The van der Waals surface area contributed by atoms with Crippen LogP contribution in [0.4, 0.5) is 0 Å². The fourth-order valence-electron chi connectivity index (χ4n) is 1.43. The molecule has 1 unspecified atom stereocenters. The van der Waals surface area contributed by atoms with Gasteiger partial charge in [0.15, 0.2) is 0 Å². The molecule has 4 heteroatoms. The fraction of sp³-hybridized carbons (Fsp3) is 0.900. The summed E-state index contributed by atoms with van der Waals surface area (Å²) in [5.74, 6) is -0.979. The minimum absolute atomic E-state index is 0.148. The predicted octanol–water partition coefficient (Wildman–Crippen LogP) is 0.979. The van der Waals surface area contributed by atoms with Gasteiger partial charge in [0, 0.05) is 6.61 Å². The molecule has 0 spiro atoms. The highest BCUT2D eigenvalue weighted by Gasteiger charge is 2.15. The Bertz CT molecular complexity index is 140. The third-order valence-electron chi connectivity index (χ3n) is 2.32. The Morgan fingerprint density at radius 2 is 1.71 bits per heavy atom. The highest BCUT2D eigenvalue weighted by Crippen LogP contribution is 2.15. The Morgan fingerprint density at radius 1 is 1.14 bits per heavy atom. The number of aliphatic hydroxyl groups is 1. The number of aliphatic hydroxyl groups excluding tert-OH is 1. The third kappa shape index (κ3) is 6.86. The molecule has 0 rings (SSSR count). The van der Waals surface area contributed by atoms with Crippen molar-refractivity contribution in [2.75, 3.05) is 13.2 Å². The molecule has 0 bridgehead atoms. The van der Waals surface area contributed by atoms with E-state index in [1.807, 2.05) is 0 Å². The number of rotatable bonds is 9. The summed E-state index contributed by atoms with van der Waals surface area (Å²) in [6.07, 6.45) is 4.63. The van der Waals surface area contributed by atoms with Crippen molar-refractivity contribution in [1.29, 1.82) is 0 Å². The van der Waals surface area contributed by atoms with Crippen LogP contribution in [0.2, 0.25) is 0 Å². The van der Waals surface area contributed by atoms with Gasteiger partial charge in [-0.2, -0.15) is 0 Å². The van der Waals surface area contributed by atoms with Crippen molar-refractivity contribution in [2.45, 2.75) is 38.5 Å². The van der Waals surface area contributed by atoms with E-state index in [0.717, 1.165) is 19.3 Å². The van der Waals surface area contributed by atoms with Crippen LogP contribution in [0.1, 0.15) is 38.5 Å². The highest BCUT2D eigenvalue weighted by molar-refractivity contribution is 5.69. The molecule has 0 aromatic heterocycles. The van der Waals surface area contributed by atoms with Crippen molar-refractivity contribution in [1.82, 2.24) is 0 Å². The van der Waals surface area contributed by atoms with E-state index in [1.165, 1.54) is 0 Å². The largest absolute Gasteiger partial charge is 0.481 e. The van der Waals surface area contributed by atoms with Gasteiger partial charge in [0.25, 0.3) is 0 Å². The Balaban J connectivity index is 3.61. The number of aliphatic carboxylic acids is 1. The number of hydrogen-bond donors (Lipinski definition) is 3. The lowest BCUT2D eigenvalue weighted by molar-refractivity contribution is -0.142. The van der Waals surface area contributed by atoms with Crippen LogP contribution in [0.3, 0.4) is 0 Å². The zero-order valence-electron chi connectivity index (χ0n) is 8.61. The first-order chi connectivity index (χ1) is 6.72. The first kappa shape index (κ1) is 13.4. The van der Waals surface area contributed by atoms with Crippen LogP contribution < -0.4 is 5.73 Å². The smallest absolute Gasteiger partial charge is 0.306 e. The number of unbranched alkanes of at least 4 members (excludes halogenated alkanes) is 2. The second-order valence-corrected chi connectivity index (χ2v) is 3.54.